The highest BCUT2D eigenvalue weighted by Crippen LogP contribution is 2.39. The number of aryl methyl sites for hydroxylation is 1. The Morgan fingerprint density at radius 1 is 0.690 bits per heavy atom. The number of halogens is 10. The Morgan fingerprint density at radius 3 is 1.79 bits per heavy atom. The van der Waals surface area contributed by atoms with Gasteiger partial charge >= 0.3 is 12.2 Å². The lowest BCUT2D eigenvalue weighted by molar-refractivity contribution is -0.189. The van der Waals surface area contributed by atoms with E-state index in [1.165, 1.54) is 18.2 Å². The molecular weight excluding hydrogens is 582 g/mol. The monoisotopic (exact) mass is 600 g/mol. The number of rotatable bonds is 9. The molecule has 0 amide bonds. The Kier molecular flexibility index (Phi) is 8.83. The van der Waals surface area contributed by atoms with Gasteiger partial charge < -0.3 is 9.47 Å². The van der Waals surface area contributed by atoms with Crippen LogP contribution in [-0.4, -0.2) is 0 Å². The summed E-state index contributed by atoms with van der Waals surface area (Å²) >= 11 is 0. The normalized spacial score (nSPS) is 11.4. The van der Waals surface area contributed by atoms with Gasteiger partial charge in [0.1, 0.15) is 34.6 Å². The van der Waals surface area contributed by atoms with Crippen molar-refractivity contribution in [1.82, 2.24) is 0 Å². The minimum absolute atomic E-state index is 0.0725. The highest BCUT2D eigenvalue weighted by molar-refractivity contribution is 5.72. The van der Waals surface area contributed by atoms with Crippen LogP contribution in [0.3, 0.4) is 0 Å². The Bertz CT molecular complexity index is 1620. The van der Waals surface area contributed by atoms with Gasteiger partial charge in [0.05, 0.1) is 0 Å². The predicted molar refractivity (Wildman–Crippen MR) is 133 cm³/mol. The fraction of sp³-hybridized carbons (Fsp3) is 0.133. The lowest BCUT2D eigenvalue weighted by Crippen LogP contribution is -2.25. The van der Waals surface area contributed by atoms with Crippen molar-refractivity contribution in [3.63, 3.8) is 0 Å². The SMILES string of the molecule is CCCc1ccc(-c2ccc(-c3cc(F)c(C(F)(F)Oc4cc(F)c(OC=C(F)F)c(F)c4)c(F)c3)c(F)c2)c(F)c1. The molecule has 0 fully saturated rings. The van der Waals surface area contributed by atoms with Crippen LogP contribution in [0.2, 0.25) is 0 Å². The Balaban J connectivity index is 1.62. The molecule has 0 atom stereocenters. The van der Waals surface area contributed by atoms with E-state index < -0.39 is 75.3 Å². The summed E-state index contributed by atoms with van der Waals surface area (Å²) in [5, 5.41) is 0. The zero-order chi connectivity index (χ0) is 30.8. The topological polar surface area (TPSA) is 18.5 Å². The molecule has 220 valence electrons. The molecular formula is C30H18F10O2. The van der Waals surface area contributed by atoms with Crippen LogP contribution in [0.5, 0.6) is 11.5 Å². The van der Waals surface area contributed by atoms with E-state index in [1.807, 2.05) is 6.92 Å². The third kappa shape index (κ3) is 6.53. The number of ether oxygens (including phenoxy) is 2. The van der Waals surface area contributed by atoms with E-state index in [-0.39, 0.29) is 29.5 Å². The highest BCUT2D eigenvalue weighted by atomic mass is 19.3. The van der Waals surface area contributed by atoms with Gasteiger partial charge in [0.25, 0.3) is 0 Å². The molecule has 0 saturated carbocycles. The van der Waals surface area contributed by atoms with Crippen LogP contribution in [-0.2, 0) is 12.5 Å². The molecule has 0 unspecified atom stereocenters. The summed E-state index contributed by atoms with van der Waals surface area (Å²) in [5.74, 6) is -11.5. The third-order valence-electron chi connectivity index (χ3n) is 5.98. The predicted octanol–water partition coefficient (Wildman–Crippen LogP) is 10.1. The second-order valence-corrected chi connectivity index (χ2v) is 8.93. The molecule has 2 nitrogen and oxygen atoms in total. The molecule has 0 aliphatic rings. The largest absolute Gasteiger partial charge is 0.453 e. The van der Waals surface area contributed by atoms with E-state index >= 15 is 0 Å². The van der Waals surface area contributed by atoms with Crippen molar-refractivity contribution in [2.45, 2.75) is 25.9 Å². The molecule has 0 heterocycles. The summed E-state index contributed by atoms with van der Waals surface area (Å²) in [5.41, 5.74) is -1.90. The quantitative estimate of drug-likeness (QED) is 0.141. The third-order valence-corrected chi connectivity index (χ3v) is 5.98. The summed E-state index contributed by atoms with van der Waals surface area (Å²) in [6.07, 6.45) is -6.17. The first kappa shape index (κ1) is 30.5. The molecule has 4 aromatic rings. The first-order valence-corrected chi connectivity index (χ1v) is 12.1. The standard InChI is InChI=1S/C30H18F10O2/c1-2-3-15-4-6-19(21(31)8-15)16-5-7-20(22(32)9-16)17-10-23(33)28(24(34)11-17)30(39,40)42-18-12-25(35)29(26(36)13-18)41-14-27(37)38/h4-14H,2-3H2,1H3. The van der Waals surface area contributed by atoms with Gasteiger partial charge in [0, 0.05) is 23.3 Å². The van der Waals surface area contributed by atoms with Crippen molar-refractivity contribution in [2.24, 2.45) is 0 Å². The van der Waals surface area contributed by atoms with E-state index in [0.29, 0.717) is 18.6 Å². The van der Waals surface area contributed by atoms with Gasteiger partial charge in [0.2, 0.25) is 0 Å². The molecule has 42 heavy (non-hydrogen) atoms. The van der Waals surface area contributed by atoms with Crippen LogP contribution < -0.4 is 9.47 Å². The Morgan fingerprint density at radius 2 is 1.24 bits per heavy atom. The van der Waals surface area contributed by atoms with E-state index in [9.17, 15) is 43.9 Å². The molecule has 0 aliphatic carbocycles. The number of alkyl halides is 2. The molecule has 0 saturated heterocycles. The summed E-state index contributed by atoms with van der Waals surface area (Å²) < 4.78 is 149. The van der Waals surface area contributed by atoms with E-state index in [0.717, 1.165) is 24.1 Å². The minimum atomic E-state index is -4.84. The summed E-state index contributed by atoms with van der Waals surface area (Å²) in [6.45, 7) is 1.92. The van der Waals surface area contributed by atoms with Gasteiger partial charge in [0.15, 0.2) is 23.6 Å². The number of hydrogen-bond donors (Lipinski definition) is 0. The number of hydrogen-bond acceptors (Lipinski definition) is 2. The van der Waals surface area contributed by atoms with Crippen molar-refractivity contribution in [2.75, 3.05) is 0 Å². The van der Waals surface area contributed by atoms with Crippen LogP contribution in [0.15, 0.2) is 73.0 Å². The lowest BCUT2D eigenvalue weighted by Gasteiger charge is -2.20. The Labute approximate surface area is 232 Å². The van der Waals surface area contributed by atoms with Gasteiger partial charge in [-0.1, -0.05) is 37.6 Å². The van der Waals surface area contributed by atoms with Crippen molar-refractivity contribution in [3.05, 3.63) is 119 Å². The zero-order valence-electron chi connectivity index (χ0n) is 21.4. The molecule has 0 aromatic heterocycles. The zero-order valence-corrected chi connectivity index (χ0v) is 21.4. The van der Waals surface area contributed by atoms with Crippen molar-refractivity contribution in [1.29, 1.82) is 0 Å². The van der Waals surface area contributed by atoms with Crippen LogP contribution in [0, 0.1) is 34.9 Å². The molecule has 0 spiro atoms. The molecule has 4 aromatic carbocycles. The first-order valence-electron chi connectivity index (χ1n) is 12.1. The van der Waals surface area contributed by atoms with Crippen molar-refractivity contribution in [3.8, 4) is 33.8 Å². The van der Waals surface area contributed by atoms with Crippen LogP contribution in [0.4, 0.5) is 43.9 Å². The fourth-order valence-corrected chi connectivity index (χ4v) is 4.17. The maximum atomic E-state index is 15.0. The molecule has 0 aliphatic heterocycles. The van der Waals surface area contributed by atoms with Gasteiger partial charge in [-0.05, 0) is 47.4 Å². The highest BCUT2D eigenvalue weighted by Gasteiger charge is 2.41. The summed E-state index contributed by atoms with van der Waals surface area (Å²) in [6, 6.07) is 8.77. The van der Waals surface area contributed by atoms with Gasteiger partial charge in [-0.3, -0.25) is 0 Å². The molecule has 4 rings (SSSR count). The maximum Gasteiger partial charge on any atom is 0.432 e. The average Bonchev–Trinajstić information content (AvgIpc) is 2.87. The van der Waals surface area contributed by atoms with Crippen LogP contribution >= 0.6 is 0 Å². The van der Waals surface area contributed by atoms with Crippen LogP contribution in [0.1, 0.15) is 24.5 Å². The van der Waals surface area contributed by atoms with Gasteiger partial charge in [-0.15, -0.1) is 0 Å². The molecule has 0 N–H and O–H groups in total. The number of benzene rings is 4. The van der Waals surface area contributed by atoms with E-state index in [4.69, 9.17) is 0 Å². The minimum Gasteiger partial charge on any atom is -0.453 e. The second kappa shape index (κ2) is 12.2. The van der Waals surface area contributed by atoms with Gasteiger partial charge in [-0.25, -0.2) is 26.3 Å². The molecule has 12 heteroatoms. The smallest absolute Gasteiger partial charge is 0.432 e. The second-order valence-electron chi connectivity index (χ2n) is 8.93. The average molecular weight is 600 g/mol. The lowest BCUT2D eigenvalue weighted by atomic mass is 9.97. The fourth-order valence-electron chi connectivity index (χ4n) is 4.17. The van der Waals surface area contributed by atoms with Gasteiger partial charge in [-0.2, -0.15) is 17.6 Å². The van der Waals surface area contributed by atoms with Crippen molar-refractivity contribution < 1.29 is 53.4 Å². The summed E-state index contributed by atoms with van der Waals surface area (Å²) in [4.78, 5) is 0. The van der Waals surface area contributed by atoms with E-state index in [1.54, 1.807) is 6.07 Å². The van der Waals surface area contributed by atoms with E-state index in [2.05, 4.69) is 9.47 Å². The van der Waals surface area contributed by atoms with Crippen molar-refractivity contribution >= 4 is 0 Å². The molecule has 0 radical (unpaired) electrons. The first-order chi connectivity index (χ1) is 19.8. The van der Waals surface area contributed by atoms with Crippen LogP contribution in [0.25, 0.3) is 22.3 Å². The molecule has 0 bridgehead atoms. The summed E-state index contributed by atoms with van der Waals surface area (Å²) in [7, 11) is 0. The maximum absolute atomic E-state index is 15.0. The Hall–Kier alpha value is -4.48.